The molecule has 1 heterocycles. The van der Waals surface area contributed by atoms with Crippen LogP contribution in [-0.2, 0) is 11.8 Å². The van der Waals surface area contributed by atoms with Crippen LogP contribution in [-0.4, -0.2) is 30.0 Å². The van der Waals surface area contributed by atoms with Crippen LogP contribution in [0.2, 0.25) is 0 Å². The van der Waals surface area contributed by atoms with Crippen LogP contribution in [0.25, 0.3) is 0 Å². The maximum Gasteiger partial charge on any atom is 0.0641 e. The number of nitrogens with zero attached hydrogens (tertiary/aromatic N) is 2. The summed E-state index contributed by atoms with van der Waals surface area (Å²) < 4.78 is 6.88. The van der Waals surface area contributed by atoms with Crippen LogP contribution in [0.4, 0.5) is 0 Å². The Kier molecular flexibility index (Phi) is 5.49. The Hall–Kier alpha value is -0.870. The summed E-state index contributed by atoms with van der Waals surface area (Å²) in [5, 5.41) is 7.85. The lowest BCUT2D eigenvalue weighted by molar-refractivity contribution is 0.192. The maximum absolute atomic E-state index is 5.01. The van der Waals surface area contributed by atoms with E-state index < -0.39 is 0 Å². The van der Waals surface area contributed by atoms with Crippen molar-refractivity contribution in [3.05, 3.63) is 17.5 Å². The second kappa shape index (κ2) is 6.66. The van der Waals surface area contributed by atoms with Gasteiger partial charge in [0, 0.05) is 38.6 Å². The Balaban J connectivity index is 2.29. The molecule has 0 saturated heterocycles. The molecule has 0 radical (unpaired) electrons. The van der Waals surface area contributed by atoms with Gasteiger partial charge < -0.3 is 10.1 Å². The van der Waals surface area contributed by atoms with Gasteiger partial charge in [-0.2, -0.15) is 5.10 Å². The molecule has 0 amide bonds. The highest BCUT2D eigenvalue weighted by molar-refractivity contribution is 5.19. The van der Waals surface area contributed by atoms with E-state index in [0.29, 0.717) is 6.04 Å². The van der Waals surface area contributed by atoms with Crippen molar-refractivity contribution in [2.45, 2.75) is 32.7 Å². The van der Waals surface area contributed by atoms with Gasteiger partial charge in [0.1, 0.15) is 0 Å². The third kappa shape index (κ3) is 3.94. The fourth-order valence-corrected chi connectivity index (χ4v) is 1.84. The molecule has 0 saturated carbocycles. The van der Waals surface area contributed by atoms with E-state index in [2.05, 4.69) is 30.5 Å². The first-order valence-corrected chi connectivity index (χ1v) is 5.87. The number of hydrogen-bond acceptors (Lipinski definition) is 3. The minimum absolute atomic E-state index is 0.372. The molecule has 4 heteroatoms. The molecule has 0 fully saturated rings. The Bertz CT molecular complexity index is 309. The molecule has 16 heavy (non-hydrogen) atoms. The number of aryl methyl sites for hydroxylation is 2. The van der Waals surface area contributed by atoms with Crippen molar-refractivity contribution in [3.8, 4) is 0 Å². The molecule has 0 aliphatic carbocycles. The number of ether oxygens (including phenoxy) is 1. The predicted molar refractivity (Wildman–Crippen MR) is 65.5 cm³/mol. The van der Waals surface area contributed by atoms with Gasteiger partial charge in [-0.3, -0.25) is 4.68 Å². The second-order valence-electron chi connectivity index (χ2n) is 4.22. The minimum atomic E-state index is 0.372. The standard InChI is InChI=1S/C12H23N3O/c1-10(13-7-5-6-8-16-4)12-9-15(3)14-11(12)2/h9-10,13H,5-8H2,1-4H3. The quantitative estimate of drug-likeness (QED) is 0.719. The first-order valence-electron chi connectivity index (χ1n) is 5.87. The molecular formula is C12H23N3O. The van der Waals surface area contributed by atoms with Crippen molar-refractivity contribution in [1.82, 2.24) is 15.1 Å². The molecule has 1 atom stereocenters. The molecule has 92 valence electrons. The summed E-state index contributed by atoms with van der Waals surface area (Å²) in [5.74, 6) is 0. The van der Waals surface area contributed by atoms with E-state index >= 15 is 0 Å². The highest BCUT2D eigenvalue weighted by Gasteiger charge is 2.10. The number of rotatable bonds is 7. The Morgan fingerprint density at radius 1 is 1.50 bits per heavy atom. The van der Waals surface area contributed by atoms with Gasteiger partial charge in [0.15, 0.2) is 0 Å². The lowest BCUT2D eigenvalue weighted by atomic mass is 10.1. The third-order valence-electron chi connectivity index (χ3n) is 2.74. The average Bonchev–Trinajstić information content (AvgIpc) is 2.57. The van der Waals surface area contributed by atoms with E-state index in [0.717, 1.165) is 31.7 Å². The molecule has 1 N–H and O–H groups in total. The molecule has 1 aromatic heterocycles. The molecule has 0 aliphatic rings. The van der Waals surface area contributed by atoms with Crippen LogP contribution in [0.1, 0.15) is 37.1 Å². The summed E-state index contributed by atoms with van der Waals surface area (Å²) in [7, 11) is 3.71. The van der Waals surface area contributed by atoms with Crippen molar-refractivity contribution in [1.29, 1.82) is 0 Å². The zero-order chi connectivity index (χ0) is 12.0. The summed E-state index contributed by atoms with van der Waals surface area (Å²) in [5.41, 5.74) is 2.40. The predicted octanol–water partition coefficient (Wildman–Crippen LogP) is 1.81. The van der Waals surface area contributed by atoms with E-state index in [9.17, 15) is 0 Å². The first-order chi connectivity index (χ1) is 7.65. The number of unbranched alkanes of at least 4 members (excludes halogenated alkanes) is 1. The second-order valence-corrected chi connectivity index (χ2v) is 4.22. The molecule has 4 nitrogen and oxygen atoms in total. The lowest BCUT2D eigenvalue weighted by Gasteiger charge is -2.12. The number of nitrogens with one attached hydrogen (secondary N) is 1. The monoisotopic (exact) mass is 225 g/mol. The molecule has 0 spiro atoms. The van der Waals surface area contributed by atoms with Gasteiger partial charge in [0.25, 0.3) is 0 Å². The molecular weight excluding hydrogens is 202 g/mol. The summed E-state index contributed by atoms with van der Waals surface area (Å²) in [6, 6.07) is 0.372. The molecule has 1 unspecified atom stereocenters. The van der Waals surface area contributed by atoms with Gasteiger partial charge in [0.2, 0.25) is 0 Å². The molecule has 1 aromatic rings. The van der Waals surface area contributed by atoms with Crippen molar-refractivity contribution in [3.63, 3.8) is 0 Å². The topological polar surface area (TPSA) is 39.1 Å². The normalized spacial score (nSPS) is 13.0. The van der Waals surface area contributed by atoms with E-state index in [4.69, 9.17) is 4.74 Å². The Morgan fingerprint density at radius 2 is 2.25 bits per heavy atom. The van der Waals surface area contributed by atoms with Crippen molar-refractivity contribution in [2.24, 2.45) is 7.05 Å². The van der Waals surface area contributed by atoms with Gasteiger partial charge in [-0.05, 0) is 33.2 Å². The Morgan fingerprint density at radius 3 is 2.81 bits per heavy atom. The van der Waals surface area contributed by atoms with Crippen LogP contribution >= 0.6 is 0 Å². The fraction of sp³-hybridized carbons (Fsp3) is 0.750. The summed E-state index contributed by atoms with van der Waals surface area (Å²) >= 11 is 0. The number of hydrogen-bond donors (Lipinski definition) is 1. The van der Waals surface area contributed by atoms with Gasteiger partial charge in [-0.15, -0.1) is 0 Å². The lowest BCUT2D eigenvalue weighted by Crippen LogP contribution is -2.20. The number of aromatic nitrogens is 2. The largest absolute Gasteiger partial charge is 0.385 e. The van der Waals surface area contributed by atoms with E-state index in [-0.39, 0.29) is 0 Å². The number of methoxy groups -OCH3 is 1. The van der Waals surface area contributed by atoms with Gasteiger partial charge in [0.05, 0.1) is 5.69 Å². The van der Waals surface area contributed by atoms with E-state index in [1.54, 1.807) is 7.11 Å². The zero-order valence-corrected chi connectivity index (χ0v) is 10.8. The molecule has 0 bridgehead atoms. The molecule has 0 aromatic carbocycles. The third-order valence-corrected chi connectivity index (χ3v) is 2.74. The van der Waals surface area contributed by atoms with Gasteiger partial charge in [-0.25, -0.2) is 0 Å². The van der Waals surface area contributed by atoms with Crippen molar-refractivity contribution < 1.29 is 4.74 Å². The van der Waals surface area contributed by atoms with Crippen molar-refractivity contribution in [2.75, 3.05) is 20.3 Å². The van der Waals surface area contributed by atoms with Crippen LogP contribution in [0.15, 0.2) is 6.20 Å². The highest BCUT2D eigenvalue weighted by Crippen LogP contribution is 2.15. The molecule has 1 rings (SSSR count). The van der Waals surface area contributed by atoms with Gasteiger partial charge >= 0.3 is 0 Å². The van der Waals surface area contributed by atoms with Crippen LogP contribution in [0.3, 0.4) is 0 Å². The Labute approximate surface area is 98.0 Å². The maximum atomic E-state index is 5.01. The van der Waals surface area contributed by atoms with E-state index in [1.807, 2.05) is 11.7 Å². The molecule has 0 aliphatic heterocycles. The first kappa shape index (κ1) is 13.2. The van der Waals surface area contributed by atoms with Crippen LogP contribution in [0, 0.1) is 6.92 Å². The highest BCUT2D eigenvalue weighted by atomic mass is 16.5. The summed E-state index contributed by atoms with van der Waals surface area (Å²) in [6.07, 6.45) is 4.35. The minimum Gasteiger partial charge on any atom is -0.385 e. The fourth-order valence-electron chi connectivity index (χ4n) is 1.84. The summed E-state index contributed by atoms with van der Waals surface area (Å²) in [6.45, 7) is 6.11. The summed E-state index contributed by atoms with van der Waals surface area (Å²) in [4.78, 5) is 0. The van der Waals surface area contributed by atoms with Gasteiger partial charge in [-0.1, -0.05) is 0 Å². The SMILES string of the molecule is COCCCCNC(C)c1cn(C)nc1C. The smallest absolute Gasteiger partial charge is 0.0641 e. The average molecular weight is 225 g/mol. The van der Waals surface area contributed by atoms with Crippen molar-refractivity contribution >= 4 is 0 Å². The van der Waals surface area contributed by atoms with Crippen LogP contribution in [0.5, 0.6) is 0 Å². The van der Waals surface area contributed by atoms with Crippen LogP contribution < -0.4 is 5.32 Å². The zero-order valence-electron chi connectivity index (χ0n) is 10.8. The van der Waals surface area contributed by atoms with E-state index in [1.165, 1.54) is 5.56 Å².